The smallest absolute Gasteiger partial charge is 0.317 e. The summed E-state index contributed by atoms with van der Waals surface area (Å²) in [5, 5.41) is 19.5. The van der Waals surface area contributed by atoms with Crippen LogP contribution in [0.25, 0.3) is 0 Å². The van der Waals surface area contributed by atoms with Gasteiger partial charge in [-0.05, 0) is 42.7 Å². The first-order valence-corrected chi connectivity index (χ1v) is 9.33. The van der Waals surface area contributed by atoms with Crippen LogP contribution < -0.4 is 5.32 Å². The largest absolute Gasteiger partial charge is 0.387 e. The number of nitrogens with zero attached hydrogens (tertiary/aromatic N) is 3. The number of aliphatic hydroxyl groups is 1. The number of hydrogen-bond acceptors (Lipinski definition) is 4. The zero-order chi connectivity index (χ0) is 16.8. The van der Waals surface area contributed by atoms with Crippen molar-refractivity contribution in [3.8, 4) is 0 Å². The van der Waals surface area contributed by atoms with E-state index in [2.05, 4.69) is 10.4 Å². The molecule has 2 aromatic rings. The molecule has 1 aliphatic rings. The van der Waals surface area contributed by atoms with Crippen molar-refractivity contribution in [1.29, 1.82) is 0 Å². The molecule has 0 saturated carbocycles. The third-order valence-corrected chi connectivity index (χ3v) is 5.45. The Hall–Kier alpha value is -1.86. The molecule has 0 radical (unpaired) electrons. The Morgan fingerprint density at radius 2 is 2.25 bits per heavy atom. The SMILES string of the molecule is O=C(NCCCn1cccn1)N1CCC([C@@H](O)c2cccs2)CC1. The number of likely N-dealkylation sites (tertiary alicyclic amines) is 1. The molecule has 1 atom stereocenters. The Kier molecular flexibility index (Phi) is 5.87. The topological polar surface area (TPSA) is 70.4 Å². The van der Waals surface area contributed by atoms with E-state index in [4.69, 9.17) is 0 Å². The summed E-state index contributed by atoms with van der Waals surface area (Å²) in [6.45, 7) is 2.87. The molecule has 2 aromatic heterocycles. The Labute approximate surface area is 146 Å². The van der Waals surface area contributed by atoms with Crippen molar-refractivity contribution in [1.82, 2.24) is 20.0 Å². The van der Waals surface area contributed by atoms with E-state index >= 15 is 0 Å². The predicted molar refractivity (Wildman–Crippen MR) is 93.8 cm³/mol. The summed E-state index contributed by atoms with van der Waals surface area (Å²) in [6, 6.07) is 5.84. The third-order valence-electron chi connectivity index (χ3n) is 4.51. The number of carbonyl (C=O) groups is 1. The van der Waals surface area contributed by atoms with E-state index in [0.29, 0.717) is 19.6 Å². The van der Waals surface area contributed by atoms with Gasteiger partial charge in [0.25, 0.3) is 0 Å². The van der Waals surface area contributed by atoms with Crippen molar-refractivity contribution < 1.29 is 9.90 Å². The fourth-order valence-electron chi connectivity index (χ4n) is 3.09. The number of piperidine rings is 1. The lowest BCUT2D eigenvalue weighted by Gasteiger charge is -2.34. The number of carbonyl (C=O) groups excluding carboxylic acids is 1. The van der Waals surface area contributed by atoms with E-state index in [-0.39, 0.29) is 11.9 Å². The average Bonchev–Trinajstić information content (AvgIpc) is 3.31. The molecule has 0 spiro atoms. The van der Waals surface area contributed by atoms with Gasteiger partial charge in [-0.25, -0.2) is 4.79 Å². The predicted octanol–water partition coefficient (Wildman–Crippen LogP) is 2.49. The number of aryl methyl sites for hydroxylation is 1. The molecule has 3 heterocycles. The summed E-state index contributed by atoms with van der Waals surface area (Å²) in [6.07, 6.45) is 5.84. The zero-order valence-electron chi connectivity index (χ0n) is 13.7. The first-order valence-electron chi connectivity index (χ1n) is 8.45. The van der Waals surface area contributed by atoms with Gasteiger partial charge in [0.1, 0.15) is 0 Å². The molecule has 0 unspecified atom stereocenters. The molecule has 1 fully saturated rings. The maximum absolute atomic E-state index is 12.2. The van der Waals surface area contributed by atoms with E-state index < -0.39 is 6.10 Å². The van der Waals surface area contributed by atoms with Crippen molar-refractivity contribution >= 4 is 17.4 Å². The molecule has 7 heteroatoms. The van der Waals surface area contributed by atoms with Crippen LogP contribution in [0.2, 0.25) is 0 Å². The van der Waals surface area contributed by atoms with Gasteiger partial charge >= 0.3 is 6.03 Å². The summed E-state index contributed by atoms with van der Waals surface area (Å²) in [7, 11) is 0. The lowest BCUT2D eigenvalue weighted by atomic mass is 9.90. The zero-order valence-corrected chi connectivity index (χ0v) is 14.5. The molecule has 3 rings (SSSR count). The minimum Gasteiger partial charge on any atom is -0.387 e. The van der Waals surface area contributed by atoms with Crippen molar-refractivity contribution in [2.24, 2.45) is 5.92 Å². The summed E-state index contributed by atoms with van der Waals surface area (Å²) >= 11 is 1.59. The summed E-state index contributed by atoms with van der Waals surface area (Å²) < 4.78 is 1.86. The highest BCUT2D eigenvalue weighted by Gasteiger charge is 2.28. The molecular formula is C17H24N4O2S. The number of thiophene rings is 1. The van der Waals surface area contributed by atoms with Crippen LogP contribution in [0.1, 0.15) is 30.2 Å². The second-order valence-electron chi connectivity index (χ2n) is 6.14. The molecular weight excluding hydrogens is 324 g/mol. The number of urea groups is 1. The Morgan fingerprint density at radius 3 is 2.92 bits per heavy atom. The van der Waals surface area contributed by atoms with Gasteiger partial charge in [-0.2, -0.15) is 5.10 Å². The van der Waals surface area contributed by atoms with Gasteiger partial charge in [-0.1, -0.05) is 6.07 Å². The highest BCUT2D eigenvalue weighted by Crippen LogP contribution is 2.32. The summed E-state index contributed by atoms with van der Waals surface area (Å²) in [5.41, 5.74) is 0. The van der Waals surface area contributed by atoms with Crippen LogP contribution in [0.4, 0.5) is 4.79 Å². The van der Waals surface area contributed by atoms with Crippen LogP contribution in [0.3, 0.4) is 0 Å². The normalized spacial score (nSPS) is 17.0. The van der Waals surface area contributed by atoms with Crippen LogP contribution in [-0.2, 0) is 6.54 Å². The highest BCUT2D eigenvalue weighted by molar-refractivity contribution is 7.10. The Balaban J connectivity index is 1.35. The van der Waals surface area contributed by atoms with Gasteiger partial charge in [0.2, 0.25) is 0 Å². The number of amides is 2. The lowest BCUT2D eigenvalue weighted by Crippen LogP contribution is -2.45. The van der Waals surface area contributed by atoms with E-state index in [9.17, 15) is 9.90 Å². The Bertz CT molecular complexity index is 607. The number of hydrogen-bond donors (Lipinski definition) is 2. The second-order valence-corrected chi connectivity index (χ2v) is 7.12. The van der Waals surface area contributed by atoms with Gasteiger partial charge in [-0.3, -0.25) is 4.68 Å². The van der Waals surface area contributed by atoms with Crippen molar-refractivity contribution in [3.05, 3.63) is 40.8 Å². The van der Waals surface area contributed by atoms with Gasteiger partial charge < -0.3 is 15.3 Å². The Morgan fingerprint density at radius 1 is 1.42 bits per heavy atom. The van der Waals surface area contributed by atoms with Crippen LogP contribution in [-0.4, -0.2) is 45.5 Å². The van der Waals surface area contributed by atoms with Gasteiger partial charge in [0, 0.05) is 43.4 Å². The van der Waals surface area contributed by atoms with Gasteiger partial charge in [-0.15, -0.1) is 11.3 Å². The van der Waals surface area contributed by atoms with E-state index in [0.717, 1.165) is 30.7 Å². The van der Waals surface area contributed by atoms with E-state index in [1.54, 1.807) is 17.5 Å². The fourth-order valence-corrected chi connectivity index (χ4v) is 3.89. The maximum atomic E-state index is 12.2. The molecule has 2 amide bonds. The maximum Gasteiger partial charge on any atom is 0.317 e. The van der Waals surface area contributed by atoms with Crippen molar-refractivity contribution in [2.75, 3.05) is 19.6 Å². The molecule has 24 heavy (non-hydrogen) atoms. The minimum absolute atomic E-state index is 0.000436. The van der Waals surface area contributed by atoms with E-state index in [1.807, 2.05) is 39.4 Å². The number of aliphatic hydroxyl groups excluding tert-OH is 1. The number of rotatable bonds is 6. The van der Waals surface area contributed by atoms with Crippen LogP contribution >= 0.6 is 11.3 Å². The highest BCUT2D eigenvalue weighted by atomic mass is 32.1. The average molecular weight is 348 g/mol. The molecule has 6 nitrogen and oxygen atoms in total. The van der Waals surface area contributed by atoms with Crippen LogP contribution in [0.5, 0.6) is 0 Å². The first kappa shape index (κ1) is 17.0. The molecule has 1 saturated heterocycles. The molecule has 0 bridgehead atoms. The van der Waals surface area contributed by atoms with Crippen molar-refractivity contribution in [3.63, 3.8) is 0 Å². The molecule has 0 aliphatic carbocycles. The number of nitrogens with one attached hydrogen (secondary N) is 1. The van der Waals surface area contributed by atoms with E-state index in [1.165, 1.54) is 0 Å². The summed E-state index contributed by atoms with van der Waals surface area (Å²) in [4.78, 5) is 15.1. The van der Waals surface area contributed by atoms with Crippen molar-refractivity contribution in [2.45, 2.75) is 31.9 Å². The second kappa shape index (κ2) is 8.30. The first-order chi connectivity index (χ1) is 11.7. The molecule has 130 valence electrons. The molecule has 1 aliphatic heterocycles. The summed E-state index contributed by atoms with van der Waals surface area (Å²) in [5.74, 6) is 0.243. The van der Waals surface area contributed by atoms with Crippen LogP contribution in [0, 0.1) is 5.92 Å². The minimum atomic E-state index is -0.399. The molecule has 0 aromatic carbocycles. The quantitative estimate of drug-likeness (QED) is 0.788. The van der Waals surface area contributed by atoms with Gasteiger partial charge in [0.15, 0.2) is 0 Å². The third kappa shape index (κ3) is 4.36. The molecule has 2 N–H and O–H groups in total. The fraction of sp³-hybridized carbons (Fsp3) is 0.529. The monoisotopic (exact) mass is 348 g/mol. The van der Waals surface area contributed by atoms with Gasteiger partial charge in [0.05, 0.1) is 6.10 Å². The standard InChI is InChI=1S/C17H24N4O2S/c22-16(15-4-1-13-24-15)14-5-11-20(12-6-14)17(23)18-7-2-9-21-10-3-8-19-21/h1,3-4,8,10,13-14,16,22H,2,5-7,9,11-12H2,(H,18,23)/t16-/m1/s1. The van der Waals surface area contributed by atoms with Crippen LogP contribution in [0.15, 0.2) is 36.0 Å². The number of aromatic nitrogens is 2. The lowest BCUT2D eigenvalue weighted by molar-refractivity contribution is 0.0690.